The van der Waals surface area contributed by atoms with Crippen LogP contribution in [0.4, 0.5) is 0 Å². The van der Waals surface area contributed by atoms with Gasteiger partial charge >= 0.3 is 0 Å². The zero-order valence-electron chi connectivity index (χ0n) is 32.9. The Morgan fingerprint density at radius 3 is 0.551 bits per heavy atom. The summed E-state index contributed by atoms with van der Waals surface area (Å²) in [7, 11) is 0. The van der Waals surface area contributed by atoms with E-state index in [1.54, 1.807) is 0 Å². The Hall–Kier alpha value is -1.58. The first-order valence-corrected chi connectivity index (χ1v) is 22.0. The molecule has 0 aliphatic rings. The molecule has 0 radical (unpaired) electrons. The molecular weight excluding hydrogens is 601 g/mol. The van der Waals surface area contributed by atoms with Gasteiger partial charge in [-0.1, -0.05) is 198 Å². The lowest BCUT2D eigenvalue weighted by Gasteiger charge is -2.03. The minimum absolute atomic E-state index is 0.156. The lowest BCUT2D eigenvalue weighted by Crippen LogP contribution is -2.09. The molecule has 0 atom stereocenters. The van der Waals surface area contributed by atoms with E-state index in [-0.39, 0.29) is 11.8 Å². The monoisotopic (exact) mass is 687 g/mol. The van der Waals surface area contributed by atoms with Gasteiger partial charge < -0.3 is 11.5 Å². The molecule has 0 saturated carbocycles. The van der Waals surface area contributed by atoms with E-state index >= 15 is 0 Å². The van der Waals surface area contributed by atoms with E-state index in [9.17, 15) is 9.59 Å². The zero-order chi connectivity index (χ0) is 35.6. The van der Waals surface area contributed by atoms with Crippen LogP contribution in [0.2, 0.25) is 0 Å². The van der Waals surface area contributed by atoms with Gasteiger partial charge in [0.2, 0.25) is 11.8 Å². The van der Waals surface area contributed by atoms with Crippen LogP contribution in [-0.2, 0) is 9.59 Å². The van der Waals surface area contributed by atoms with Gasteiger partial charge in [0.05, 0.1) is 0 Å². The second-order valence-corrected chi connectivity index (χ2v) is 15.2. The van der Waals surface area contributed by atoms with Gasteiger partial charge in [-0.05, 0) is 64.2 Å². The van der Waals surface area contributed by atoms with Gasteiger partial charge in [0, 0.05) is 12.8 Å². The average Bonchev–Trinajstić information content (AvgIpc) is 3.08. The smallest absolute Gasteiger partial charge is 0.217 e. The maximum atomic E-state index is 10.7. The molecule has 0 spiro atoms. The molecule has 0 heterocycles. The van der Waals surface area contributed by atoms with Crippen molar-refractivity contribution in [3.63, 3.8) is 0 Å². The molecule has 0 bridgehead atoms. The summed E-state index contributed by atoms with van der Waals surface area (Å²) in [6, 6.07) is 0. The van der Waals surface area contributed by atoms with Crippen LogP contribution in [0.1, 0.15) is 250 Å². The number of primary amides is 2. The number of carbonyl (C=O) groups is 2. The first kappa shape index (κ1) is 47.4. The van der Waals surface area contributed by atoms with Crippen molar-refractivity contribution in [1.29, 1.82) is 0 Å². The van der Waals surface area contributed by atoms with E-state index in [0.29, 0.717) is 12.8 Å². The molecular formula is C45H86N2O2. The van der Waals surface area contributed by atoms with Gasteiger partial charge in [-0.3, -0.25) is 9.59 Å². The van der Waals surface area contributed by atoms with Gasteiger partial charge in [-0.2, -0.15) is 0 Å². The summed E-state index contributed by atoms with van der Waals surface area (Å²) < 4.78 is 0. The normalized spacial score (nSPS) is 11.8. The summed E-state index contributed by atoms with van der Waals surface area (Å²) in [5.41, 5.74) is 10.4. The van der Waals surface area contributed by atoms with Gasteiger partial charge in [-0.25, -0.2) is 0 Å². The number of hydrogen-bond donors (Lipinski definition) is 2. The van der Waals surface area contributed by atoms with Crippen LogP contribution in [0.15, 0.2) is 24.3 Å². The second-order valence-electron chi connectivity index (χ2n) is 15.2. The SMILES string of the molecule is NC(=O)CCCCCCCCCCC/C=C\CCCCCCCCCCCCCCCCC/C=C\CCCCCCCCCCCC(N)=O. The van der Waals surface area contributed by atoms with E-state index in [0.717, 1.165) is 25.7 Å². The third-order valence-corrected chi connectivity index (χ3v) is 10.2. The molecule has 0 aromatic carbocycles. The van der Waals surface area contributed by atoms with Crippen molar-refractivity contribution in [3.05, 3.63) is 24.3 Å². The Balaban J connectivity index is 3.14. The lowest BCUT2D eigenvalue weighted by atomic mass is 10.0. The van der Waals surface area contributed by atoms with Crippen molar-refractivity contribution in [2.45, 2.75) is 250 Å². The van der Waals surface area contributed by atoms with Crippen molar-refractivity contribution in [3.8, 4) is 0 Å². The van der Waals surface area contributed by atoms with Gasteiger partial charge in [0.1, 0.15) is 0 Å². The van der Waals surface area contributed by atoms with Crippen molar-refractivity contribution in [2.75, 3.05) is 0 Å². The average molecular weight is 687 g/mol. The highest BCUT2D eigenvalue weighted by Crippen LogP contribution is 2.16. The van der Waals surface area contributed by atoms with E-state index in [1.807, 2.05) is 0 Å². The predicted octanol–water partition coefficient (Wildman–Crippen LogP) is 14.3. The Labute approximate surface area is 306 Å². The number of unbranched alkanes of at least 4 members (excludes halogenated alkanes) is 34. The summed E-state index contributed by atoms with van der Waals surface area (Å²) in [6.45, 7) is 0. The quantitative estimate of drug-likeness (QED) is 0.0494. The molecule has 0 aromatic rings. The Morgan fingerprint density at radius 1 is 0.245 bits per heavy atom. The fraction of sp³-hybridized carbons (Fsp3) is 0.867. The van der Waals surface area contributed by atoms with E-state index in [2.05, 4.69) is 24.3 Å². The number of amides is 2. The molecule has 2 amide bonds. The van der Waals surface area contributed by atoms with E-state index in [1.165, 1.54) is 212 Å². The second kappa shape index (κ2) is 42.6. The molecule has 4 nitrogen and oxygen atoms in total. The first-order chi connectivity index (χ1) is 24.1. The number of hydrogen-bond acceptors (Lipinski definition) is 2. The van der Waals surface area contributed by atoms with Crippen LogP contribution in [0.5, 0.6) is 0 Å². The van der Waals surface area contributed by atoms with Crippen LogP contribution in [0.25, 0.3) is 0 Å². The summed E-state index contributed by atoms with van der Waals surface area (Å²) in [5, 5.41) is 0. The standard InChI is InChI=1S/C45H86N2O2/c46-44(48)42-40-38-36-34-32-30-28-26-24-22-20-18-16-14-12-10-8-6-4-2-1-3-5-7-9-11-13-15-17-19-21-23-25-27-29-31-33-35-37-39-41-43-45(47)49/h18-21H,1-17,22-43H2,(H2,46,48)(H2,47,49)/b20-18-,21-19-. The highest BCUT2D eigenvalue weighted by Gasteiger charge is 1.98. The predicted molar refractivity (Wildman–Crippen MR) is 217 cm³/mol. The molecule has 4 N–H and O–H groups in total. The maximum absolute atomic E-state index is 10.7. The maximum Gasteiger partial charge on any atom is 0.217 e. The molecule has 49 heavy (non-hydrogen) atoms. The molecule has 0 unspecified atom stereocenters. The highest BCUT2D eigenvalue weighted by atomic mass is 16.1. The molecule has 0 aliphatic carbocycles. The molecule has 0 aromatic heterocycles. The Kier molecular flexibility index (Phi) is 41.2. The minimum Gasteiger partial charge on any atom is -0.370 e. The van der Waals surface area contributed by atoms with Gasteiger partial charge in [-0.15, -0.1) is 0 Å². The van der Waals surface area contributed by atoms with Crippen molar-refractivity contribution in [1.82, 2.24) is 0 Å². The summed E-state index contributed by atoms with van der Waals surface area (Å²) in [5.74, 6) is -0.313. The summed E-state index contributed by atoms with van der Waals surface area (Å²) in [4.78, 5) is 21.4. The summed E-state index contributed by atoms with van der Waals surface area (Å²) in [6.07, 6.45) is 60.4. The minimum atomic E-state index is -0.156. The van der Waals surface area contributed by atoms with Crippen molar-refractivity contribution in [2.24, 2.45) is 11.5 Å². The van der Waals surface area contributed by atoms with Gasteiger partial charge in [0.25, 0.3) is 0 Å². The molecule has 0 rings (SSSR count). The van der Waals surface area contributed by atoms with Crippen LogP contribution >= 0.6 is 0 Å². The number of allylic oxidation sites excluding steroid dienone is 4. The van der Waals surface area contributed by atoms with Crippen LogP contribution in [0, 0.1) is 0 Å². The van der Waals surface area contributed by atoms with Crippen LogP contribution in [0.3, 0.4) is 0 Å². The Bertz CT molecular complexity index is 672. The molecule has 288 valence electrons. The third kappa shape index (κ3) is 46.4. The van der Waals surface area contributed by atoms with E-state index in [4.69, 9.17) is 11.5 Å². The highest BCUT2D eigenvalue weighted by molar-refractivity contribution is 5.73. The summed E-state index contributed by atoms with van der Waals surface area (Å²) >= 11 is 0. The molecule has 4 heteroatoms. The lowest BCUT2D eigenvalue weighted by molar-refractivity contribution is -0.119. The number of nitrogens with two attached hydrogens (primary N) is 2. The first-order valence-electron chi connectivity index (χ1n) is 22.0. The number of carbonyl (C=O) groups excluding carboxylic acids is 2. The van der Waals surface area contributed by atoms with Crippen molar-refractivity contribution < 1.29 is 9.59 Å². The largest absolute Gasteiger partial charge is 0.370 e. The molecule has 0 fully saturated rings. The Morgan fingerprint density at radius 2 is 0.388 bits per heavy atom. The molecule has 0 aliphatic heterocycles. The fourth-order valence-corrected chi connectivity index (χ4v) is 6.89. The van der Waals surface area contributed by atoms with Gasteiger partial charge in [0.15, 0.2) is 0 Å². The number of rotatable bonds is 42. The van der Waals surface area contributed by atoms with E-state index < -0.39 is 0 Å². The van der Waals surface area contributed by atoms with Crippen molar-refractivity contribution >= 4 is 11.8 Å². The zero-order valence-corrected chi connectivity index (χ0v) is 32.9. The third-order valence-electron chi connectivity index (χ3n) is 10.2. The topological polar surface area (TPSA) is 86.2 Å². The van der Waals surface area contributed by atoms with Crippen LogP contribution < -0.4 is 11.5 Å². The van der Waals surface area contributed by atoms with Crippen LogP contribution in [-0.4, -0.2) is 11.8 Å². The fourth-order valence-electron chi connectivity index (χ4n) is 6.89. The molecule has 0 saturated heterocycles.